The molecule has 1 aliphatic rings. The van der Waals surface area contributed by atoms with Gasteiger partial charge in [-0.1, -0.05) is 17.7 Å². The van der Waals surface area contributed by atoms with Gasteiger partial charge < -0.3 is 18.8 Å². The number of hydrogen-bond donors (Lipinski definition) is 0. The van der Waals surface area contributed by atoms with Gasteiger partial charge in [0.05, 0.1) is 31.1 Å². The molecular formula is C17H19ClN2O3. The van der Waals surface area contributed by atoms with Crippen LogP contribution in [-0.2, 0) is 4.74 Å². The lowest BCUT2D eigenvalue weighted by atomic mass is 9.96. The Bertz CT molecular complexity index is 687. The first-order valence-corrected chi connectivity index (χ1v) is 7.78. The Morgan fingerprint density at radius 1 is 1.48 bits per heavy atom. The van der Waals surface area contributed by atoms with Gasteiger partial charge in [0.1, 0.15) is 23.7 Å². The van der Waals surface area contributed by atoms with Crippen molar-refractivity contribution in [3.8, 4) is 11.5 Å². The van der Waals surface area contributed by atoms with E-state index in [1.807, 2.05) is 22.9 Å². The number of imidazole rings is 1. The van der Waals surface area contributed by atoms with Crippen molar-refractivity contribution in [2.75, 3.05) is 20.3 Å². The van der Waals surface area contributed by atoms with E-state index in [2.05, 4.69) is 18.0 Å². The van der Waals surface area contributed by atoms with Crippen LogP contribution in [0.4, 0.5) is 0 Å². The highest BCUT2D eigenvalue weighted by Crippen LogP contribution is 2.35. The van der Waals surface area contributed by atoms with E-state index >= 15 is 0 Å². The van der Waals surface area contributed by atoms with Crippen LogP contribution in [0.5, 0.6) is 11.5 Å². The second-order valence-corrected chi connectivity index (χ2v) is 5.85. The average molecular weight is 335 g/mol. The van der Waals surface area contributed by atoms with Gasteiger partial charge in [0.25, 0.3) is 0 Å². The number of aromatic nitrogens is 2. The predicted octanol–water partition coefficient (Wildman–Crippen LogP) is 3.51. The molecule has 1 aromatic heterocycles. The molecule has 0 aliphatic carbocycles. The Labute approximate surface area is 140 Å². The molecule has 2 aromatic rings. The van der Waals surface area contributed by atoms with E-state index in [0.717, 1.165) is 0 Å². The van der Waals surface area contributed by atoms with E-state index in [4.69, 9.17) is 25.8 Å². The number of benzene rings is 1. The SMILES string of the molecule is COc1ccc(OCC2(C(C)n3ccnc3)C=CCO2)c(Cl)c1. The molecule has 2 heterocycles. The summed E-state index contributed by atoms with van der Waals surface area (Å²) in [6, 6.07) is 5.39. The van der Waals surface area contributed by atoms with Crippen molar-refractivity contribution >= 4 is 11.6 Å². The van der Waals surface area contributed by atoms with Gasteiger partial charge in [0.15, 0.2) is 0 Å². The van der Waals surface area contributed by atoms with Crippen molar-refractivity contribution in [1.82, 2.24) is 9.55 Å². The zero-order valence-corrected chi connectivity index (χ0v) is 13.9. The maximum absolute atomic E-state index is 6.24. The molecule has 0 N–H and O–H groups in total. The first-order valence-electron chi connectivity index (χ1n) is 7.40. The largest absolute Gasteiger partial charge is 0.497 e. The van der Waals surface area contributed by atoms with Gasteiger partial charge in [-0.2, -0.15) is 0 Å². The van der Waals surface area contributed by atoms with Crippen LogP contribution in [0.2, 0.25) is 5.02 Å². The van der Waals surface area contributed by atoms with E-state index in [1.54, 1.807) is 31.8 Å². The average Bonchev–Trinajstić information content (AvgIpc) is 3.25. The van der Waals surface area contributed by atoms with Crippen molar-refractivity contribution in [2.45, 2.75) is 18.6 Å². The minimum Gasteiger partial charge on any atom is -0.497 e. The molecule has 0 saturated heterocycles. The summed E-state index contributed by atoms with van der Waals surface area (Å²) in [4.78, 5) is 4.10. The van der Waals surface area contributed by atoms with Crippen molar-refractivity contribution in [3.63, 3.8) is 0 Å². The lowest BCUT2D eigenvalue weighted by Gasteiger charge is -2.34. The molecule has 3 rings (SSSR count). The van der Waals surface area contributed by atoms with Crippen LogP contribution in [0.1, 0.15) is 13.0 Å². The highest BCUT2D eigenvalue weighted by Gasteiger charge is 2.39. The van der Waals surface area contributed by atoms with Crippen LogP contribution >= 0.6 is 11.6 Å². The minimum atomic E-state index is -0.552. The third-order valence-electron chi connectivity index (χ3n) is 4.12. The number of halogens is 1. The van der Waals surface area contributed by atoms with Crippen LogP contribution in [0.25, 0.3) is 0 Å². The number of ether oxygens (including phenoxy) is 3. The molecule has 1 aliphatic heterocycles. The summed E-state index contributed by atoms with van der Waals surface area (Å²) >= 11 is 6.24. The molecule has 0 amide bonds. The molecule has 0 bridgehead atoms. The summed E-state index contributed by atoms with van der Waals surface area (Å²) in [7, 11) is 1.60. The molecule has 0 fully saturated rings. The highest BCUT2D eigenvalue weighted by atomic mass is 35.5. The predicted molar refractivity (Wildman–Crippen MR) is 88.3 cm³/mol. The van der Waals surface area contributed by atoms with Crippen molar-refractivity contribution in [2.24, 2.45) is 0 Å². The lowest BCUT2D eigenvalue weighted by molar-refractivity contribution is -0.0423. The Hall–Kier alpha value is -1.98. The standard InChI is InChI=1S/C17H19ClN2O3/c1-13(20-8-7-19-12-20)17(6-3-9-23-17)11-22-16-5-4-14(21-2)10-15(16)18/h3-8,10,12-13H,9,11H2,1-2H3. The zero-order chi connectivity index (χ0) is 16.3. The van der Waals surface area contributed by atoms with Crippen LogP contribution < -0.4 is 9.47 Å². The van der Waals surface area contributed by atoms with Crippen LogP contribution in [0.3, 0.4) is 0 Å². The fourth-order valence-corrected chi connectivity index (χ4v) is 2.86. The summed E-state index contributed by atoms with van der Waals surface area (Å²) in [6.45, 7) is 3.00. The van der Waals surface area contributed by atoms with Gasteiger partial charge in [-0.15, -0.1) is 0 Å². The fraction of sp³-hybridized carbons (Fsp3) is 0.353. The van der Waals surface area contributed by atoms with Crippen LogP contribution in [-0.4, -0.2) is 35.5 Å². The normalized spacial score (nSPS) is 21.3. The Kier molecular flexibility index (Phi) is 4.59. The monoisotopic (exact) mass is 334 g/mol. The number of methoxy groups -OCH3 is 1. The van der Waals surface area contributed by atoms with Gasteiger partial charge in [-0.05, 0) is 25.1 Å². The van der Waals surface area contributed by atoms with E-state index in [-0.39, 0.29) is 6.04 Å². The van der Waals surface area contributed by atoms with Crippen molar-refractivity contribution < 1.29 is 14.2 Å². The van der Waals surface area contributed by atoms with E-state index in [9.17, 15) is 0 Å². The van der Waals surface area contributed by atoms with Crippen LogP contribution in [0, 0.1) is 0 Å². The first kappa shape index (κ1) is 15.9. The number of nitrogens with zero attached hydrogens (tertiary/aromatic N) is 2. The van der Waals surface area contributed by atoms with Gasteiger partial charge in [0.2, 0.25) is 0 Å². The van der Waals surface area contributed by atoms with E-state index < -0.39 is 5.60 Å². The van der Waals surface area contributed by atoms with Crippen molar-refractivity contribution in [1.29, 1.82) is 0 Å². The van der Waals surface area contributed by atoms with Gasteiger partial charge in [0, 0.05) is 18.5 Å². The zero-order valence-electron chi connectivity index (χ0n) is 13.1. The Balaban J connectivity index is 1.77. The number of hydrogen-bond acceptors (Lipinski definition) is 4. The number of rotatable bonds is 6. The highest BCUT2D eigenvalue weighted by molar-refractivity contribution is 6.32. The lowest BCUT2D eigenvalue weighted by Crippen LogP contribution is -2.42. The van der Waals surface area contributed by atoms with Gasteiger partial charge in [-0.25, -0.2) is 4.98 Å². The second-order valence-electron chi connectivity index (χ2n) is 5.44. The minimum absolute atomic E-state index is 0.0424. The second kappa shape index (κ2) is 6.64. The Morgan fingerprint density at radius 2 is 2.35 bits per heavy atom. The maximum Gasteiger partial charge on any atom is 0.141 e. The molecule has 6 heteroatoms. The van der Waals surface area contributed by atoms with E-state index in [1.165, 1.54) is 0 Å². The summed E-state index contributed by atoms with van der Waals surface area (Å²) < 4.78 is 19.1. The third kappa shape index (κ3) is 3.21. The molecule has 5 nitrogen and oxygen atoms in total. The molecule has 2 atom stereocenters. The van der Waals surface area contributed by atoms with E-state index in [0.29, 0.717) is 29.7 Å². The van der Waals surface area contributed by atoms with Crippen LogP contribution in [0.15, 0.2) is 49.1 Å². The first-order chi connectivity index (χ1) is 11.1. The molecular weight excluding hydrogens is 316 g/mol. The molecule has 0 spiro atoms. The third-order valence-corrected chi connectivity index (χ3v) is 4.42. The molecule has 2 unspecified atom stereocenters. The topological polar surface area (TPSA) is 45.5 Å². The van der Waals surface area contributed by atoms with Gasteiger partial charge >= 0.3 is 0 Å². The molecule has 1 aromatic carbocycles. The maximum atomic E-state index is 6.24. The fourth-order valence-electron chi connectivity index (χ4n) is 2.64. The molecule has 0 saturated carbocycles. The van der Waals surface area contributed by atoms with Crippen molar-refractivity contribution in [3.05, 3.63) is 54.1 Å². The smallest absolute Gasteiger partial charge is 0.141 e. The molecule has 122 valence electrons. The summed E-state index contributed by atoms with van der Waals surface area (Å²) in [5.74, 6) is 1.30. The quantitative estimate of drug-likeness (QED) is 0.758. The molecule has 23 heavy (non-hydrogen) atoms. The summed E-state index contributed by atoms with van der Waals surface area (Å²) in [6.07, 6.45) is 9.51. The summed E-state index contributed by atoms with van der Waals surface area (Å²) in [5.41, 5.74) is -0.552. The summed E-state index contributed by atoms with van der Waals surface area (Å²) in [5, 5.41) is 0.511. The molecule has 0 radical (unpaired) electrons. The van der Waals surface area contributed by atoms with Gasteiger partial charge in [-0.3, -0.25) is 0 Å². The Morgan fingerprint density at radius 3 is 2.96 bits per heavy atom.